The Bertz CT molecular complexity index is 1140. The zero-order valence-electron chi connectivity index (χ0n) is 18.1. The van der Waals surface area contributed by atoms with Crippen molar-refractivity contribution in [3.8, 4) is 22.8 Å². The van der Waals surface area contributed by atoms with Crippen LogP contribution >= 0.6 is 28.3 Å². The van der Waals surface area contributed by atoms with E-state index >= 15 is 0 Å². The smallest absolute Gasteiger partial charge is 0.416 e. The highest BCUT2D eigenvalue weighted by molar-refractivity contribution is 8.93. The van der Waals surface area contributed by atoms with E-state index in [4.69, 9.17) is 15.2 Å². The lowest BCUT2D eigenvalue weighted by Gasteiger charge is -2.13. The molecule has 0 saturated carbocycles. The van der Waals surface area contributed by atoms with E-state index in [1.807, 2.05) is 0 Å². The number of anilines is 1. The number of nitrogens with two attached hydrogens (primary N) is 1. The van der Waals surface area contributed by atoms with Gasteiger partial charge in [-0.1, -0.05) is 6.07 Å². The van der Waals surface area contributed by atoms with Gasteiger partial charge in [0, 0.05) is 10.9 Å². The maximum atomic E-state index is 13.1. The van der Waals surface area contributed by atoms with Crippen LogP contribution in [0.3, 0.4) is 0 Å². The Labute approximate surface area is 210 Å². The minimum atomic E-state index is -4.95. The Hall–Kier alpha value is -3.00. The second-order valence-corrected chi connectivity index (χ2v) is 7.66. The van der Waals surface area contributed by atoms with E-state index in [0.717, 1.165) is 11.3 Å². The predicted molar refractivity (Wildman–Crippen MR) is 126 cm³/mol. The number of benzene rings is 2. The Morgan fingerprint density at radius 2 is 1.54 bits per heavy atom. The van der Waals surface area contributed by atoms with Gasteiger partial charge in [0.15, 0.2) is 11.1 Å². The van der Waals surface area contributed by atoms with Gasteiger partial charge < -0.3 is 20.5 Å². The first-order valence-electron chi connectivity index (χ1n) is 9.44. The SMILES string of the molecule is Br.COc1cccc(OC)c1CN=C(N)Nc1nc(-c2cc(C(F)(F)F)cc(C(F)(F)F)c2)cs1. The van der Waals surface area contributed by atoms with Crippen molar-refractivity contribution in [3.63, 3.8) is 0 Å². The number of methoxy groups -OCH3 is 2. The lowest BCUT2D eigenvalue weighted by molar-refractivity contribution is -0.143. The minimum Gasteiger partial charge on any atom is -0.496 e. The fourth-order valence-corrected chi connectivity index (χ4v) is 3.69. The summed E-state index contributed by atoms with van der Waals surface area (Å²) in [5.74, 6) is 0.976. The van der Waals surface area contributed by atoms with Crippen LogP contribution < -0.4 is 20.5 Å². The van der Waals surface area contributed by atoms with Crippen molar-refractivity contribution < 1.29 is 35.8 Å². The van der Waals surface area contributed by atoms with E-state index in [1.54, 1.807) is 18.2 Å². The van der Waals surface area contributed by atoms with Gasteiger partial charge >= 0.3 is 12.4 Å². The van der Waals surface area contributed by atoms with Crippen molar-refractivity contribution >= 4 is 39.4 Å². The van der Waals surface area contributed by atoms with Crippen molar-refractivity contribution in [3.05, 3.63) is 58.5 Å². The van der Waals surface area contributed by atoms with Gasteiger partial charge in [0.25, 0.3) is 0 Å². The Morgan fingerprint density at radius 3 is 2.03 bits per heavy atom. The summed E-state index contributed by atoms with van der Waals surface area (Å²) in [6, 6.07) is 6.45. The van der Waals surface area contributed by atoms with E-state index in [9.17, 15) is 26.3 Å². The van der Waals surface area contributed by atoms with Gasteiger partial charge in [-0.15, -0.1) is 28.3 Å². The summed E-state index contributed by atoms with van der Waals surface area (Å²) in [7, 11) is 2.97. The normalized spacial score (nSPS) is 12.2. The second-order valence-electron chi connectivity index (χ2n) is 6.80. The third kappa shape index (κ3) is 7.01. The van der Waals surface area contributed by atoms with Crippen LogP contribution in [0, 0.1) is 0 Å². The molecule has 1 aromatic heterocycles. The first-order valence-corrected chi connectivity index (χ1v) is 10.3. The number of alkyl halides is 6. The number of hydrogen-bond donors (Lipinski definition) is 2. The molecule has 190 valence electrons. The molecule has 0 aliphatic rings. The highest BCUT2D eigenvalue weighted by Crippen LogP contribution is 2.39. The molecule has 0 atom stereocenters. The molecule has 0 bridgehead atoms. The fraction of sp³-hybridized carbons (Fsp3) is 0.238. The van der Waals surface area contributed by atoms with Crippen molar-refractivity contribution in [1.29, 1.82) is 0 Å². The largest absolute Gasteiger partial charge is 0.496 e. The van der Waals surface area contributed by atoms with Crippen LogP contribution in [0.1, 0.15) is 16.7 Å². The van der Waals surface area contributed by atoms with Crippen LogP contribution in [-0.2, 0) is 18.9 Å². The minimum absolute atomic E-state index is 0. The molecular weight excluding hydrogens is 566 g/mol. The summed E-state index contributed by atoms with van der Waals surface area (Å²) >= 11 is 0.941. The maximum absolute atomic E-state index is 13.1. The Morgan fingerprint density at radius 1 is 1.00 bits per heavy atom. The lowest BCUT2D eigenvalue weighted by Crippen LogP contribution is -2.22. The molecule has 3 aromatic rings. The van der Waals surface area contributed by atoms with E-state index in [2.05, 4.69) is 15.3 Å². The van der Waals surface area contributed by atoms with Crippen LogP contribution in [-0.4, -0.2) is 25.2 Å². The van der Waals surface area contributed by atoms with Crippen LogP contribution in [0.5, 0.6) is 11.5 Å². The molecule has 3 rings (SSSR count). The van der Waals surface area contributed by atoms with E-state index in [1.165, 1.54) is 19.6 Å². The molecule has 0 spiro atoms. The lowest BCUT2D eigenvalue weighted by atomic mass is 10.0. The molecule has 35 heavy (non-hydrogen) atoms. The van der Waals surface area contributed by atoms with Crippen molar-refractivity contribution in [2.24, 2.45) is 10.7 Å². The molecule has 0 aliphatic heterocycles. The molecule has 0 fully saturated rings. The number of halogens is 7. The summed E-state index contributed by atoms with van der Waals surface area (Å²) < 4.78 is 89.2. The van der Waals surface area contributed by atoms with E-state index < -0.39 is 23.5 Å². The number of aliphatic imine (C=N–C) groups is 1. The number of nitrogens with zero attached hydrogens (tertiary/aromatic N) is 2. The predicted octanol–water partition coefficient (Wildman–Crippen LogP) is 6.37. The zero-order chi connectivity index (χ0) is 25.1. The summed E-state index contributed by atoms with van der Waals surface area (Å²) in [6.45, 7) is 0.0762. The average molecular weight is 585 g/mol. The monoisotopic (exact) mass is 584 g/mol. The number of aromatic nitrogens is 1. The summed E-state index contributed by atoms with van der Waals surface area (Å²) in [4.78, 5) is 8.23. The number of guanidine groups is 1. The molecular formula is C21H19BrF6N4O2S. The number of hydrogen-bond acceptors (Lipinski definition) is 5. The molecule has 6 nitrogen and oxygen atoms in total. The van der Waals surface area contributed by atoms with Gasteiger partial charge in [-0.05, 0) is 30.3 Å². The maximum Gasteiger partial charge on any atom is 0.416 e. The van der Waals surface area contributed by atoms with Crippen molar-refractivity contribution in [2.75, 3.05) is 19.5 Å². The van der Waals surface area contributed by atoms with Crippen molar-refractivity contribution in [2.45, 2.75) is 18.9 Å². The molecule has 0 amide bonds. The highest BCUT2D eigenvalue weighted by atomic mass is 79.9. The zero-order valence-corrected chi connectivity index (χ0v) is 20.7. The Balaban J connectivity index is 0.00000432. The van der Waals surface area contributed by atoms with E-state index in [-0.39, 0.29) is 51.9 Å². The van der Waals surface area contributed by atoms with E-state index in [0.29, 0.717) is 29.2 Å². The molecule has 0 aliphatic carbocycles. The molecule has 3 N–H and O–H groups in total. The first kappa shape index (κ1) is 28.2. The molecule has 14 heteroatoms. The van der Waals surface area contributed by atoms with Gasteiger partial charge in [-0.25, -0.2) is 9.98 Å². The molecule has 0 saturated heterocycles. The quantitative estimate of drug-likeness (QED) is 0.200. The van der Waals surface area contributed by atoms with Crippen LogP contribution in [0.4, 0.5) is 31.5 Å². The number of rotatable bonds is 6. The average Bonchev–Trinajstić information content (AvgIpc) is 3.24. The summed E-state index contributed by atoms with van der Waals surface area (Å²) in [5, 5.41) is 4.12. The van der Waals surface area contributed by atoms with Gasteiger partial charge in [0.05, 0.1) is 43.1 Å². The highest BCUT2D eigenvalue weighted by Gasteiger charge is 2.37. The molecule has 0 unspecified atom stereocenters. The van der Waals surface area contributed by atoms with Gasteiger partial charge in [-0.3, -0.25) is 0 Å². The molecule has 2 aromatic carbocycles. The topological polar surface area (TPSA) is 81.8 Å². The van der Waals surface area contributed by atoms with Gasteiger partial charge in [0.1, 0.15) is 11.5 Å². The fourth-order valence-electron chi connectivity index (χ4n) is 2.96. The first-order chi connectivity index (χ1) is 15.9. The van der Waals surface area contributed by atoms with Crippen LogP contribution in [0.25, 0.3) is 11.3 Å². The van der Waals surface area contributed by atoms with Crippen molar-refractivity contribution in [1.82, 2.24) is 4.98 Å². The third-order valence-electron chi connectivity index (χ3n) is 4.56. The summed E-state index contributed by atoms with van der Waals surface area (Å²) in [6.07, 6.45) is -9.91. The van der Waals surface area contributed by atoms with Gasteiger partial charge in [-0.2, -0.15) is 26.3 Å². The van der Waals surface area contributed by atoms with Crippen LogP contribution in [0.2, 0.25) is 0 Å². The molecule has 0 radical (unpaired) electrons. The number of ether oxygens (including phenoxy) is 2. The second kappa shape index (κ2) is 11.2. The Kier molecular flexibility index (Phi) is 9.00. The number of nitrogens with one attached hydrogen (secondary N) is 1. The third-order valence-corrected chi connectivity index (χ3v) is 5.32. The van der Waals surface area contributed by atoms with Gasteiger partial charge in [0.2, 0.25) is 0 Å². The number of thiazole rings is 1. The summed E-state index contributed by atoms with van der Waals surface area (Å²) in [5.41, 5.74) is 3.24. The molecule has 1 heterocycles. The standard InChI is InChI=1S/C21H18F6N4O2S.BrH/c1-32-16-4-3-5-17(33-2)14(16)9-29-18(28)31-19-30-15(10-34-19)11-6-12(20(22,23)24)8-13(7-11)21(25,26)27;/h3-8,10H,9H2,1-2H3,(H3,28,29,30,31);1H. The van der Waals surface area contributed by atoms with Crippen LogP contribution in [0.15, 0.2) is 46.8 Å².